The maximum absolute atomic E-state index is 11.4. The molecule has 0 radical (unpaired) electrons. The van der Waals surface area contributed by atoms with E-state index in [0.29, 0.717) is 5.75 Å². The number of esters is 1. The number of allylic oxidation sites excluding steroid dienone is 1. The molecule has 104 valence electrons. The third kappa shape index (κ3) is 4.14. The molecule has 0 saturated heterocycles. The quantitative estimate of drug-likeness (QED) is 0.293. The first kappa shape index (κ1) is 15.2. The van der Waals surface area contributed by atoms with Crippen LogP contribution >= 0.6 is 0 Å². The van der Waals surface area contributed by atoms with Crippen molar-refractivity contribution in [2.75, 3.05) is 13.7 Å². The van der Waals surface area contributed by atoms with Gasteiger partial charge in [0.05, 0.1) is 13.7 Å². The lowest BCUT2D eigenvalue weighted by Crippen LogP contribution is -2.07. The van der Waals surface area contributed by atoms with Crippen LogP contribution in [0, 0.1) is 5.39 Å². The van der Waals surface area contributed by atoms with E-state index in [0.717, 1.165) is 5.56 Å². The van der Waals surface area contributed by atoms with Gasteiger partial charge in [0.25, 0.3) is 0 Å². The third-order valence-corrected chi connectivity index (χ3v) is 2.36. The first-order valence-corrected chi connectivity index (χ1v) is 5.90. The fourth-order valence-corrected chi connectivity index (χ4v) is 1.37. The number of carbonyl (C=O) groups is 1. The Labute approximate surface area is 116 Å². The van der Waals surface area contributed by atoms with Gasteiger partial charge in [0.1, 0.15) is 5.75 Å². The minimum atomic E-state index is -0.896. The summed E-state index contributed by atoms with van der Waals surface area (Å²) in [6.45, 7) is 1.73. The predicted molar refractivity (Wildman–Crippen MR) is 73.4 cm³/mol. The molecular weight excluding hydrogens is 260 g/mol. The van der Waals surface area contributed by atoms with E-state index in [1.165, 1.54) is 6.08 Å². The number of benzene rings is 1. The highest BCUT2D eigenvalue weighted by Crippen LogP contribution is 2.14. The highest BCUT2D eigenvalue weighted by molar-refractivity contribution is 5.91. The van der Waals surface area contributed by atoms with Gasteiger partial charge in [-0.25, -0.2) is 4.79 Å². The summed E-state index contributed by atoms with van der Waals surface area (Å²) in [6, 6.07) is 7.04. The van der Waals surface area contributed by atoms with Crippen molar-refractivity contribution in [1.82, 2.24) is 0 Å². The largest absolute Gasteiger partial charge is 0.509 e. The minimum Gasteiger partial charge on any atom is -0.501 e. The molecule has 0 saturated carbocycles. The number of aliphatic hydroxyl groups excluding tert-OH is 1. The average molecular weight is 275 g/mol. The Morgan fingerprint density at radius 1 is 1.40 bits per heavy atom. The van der Waals surface area contributed by atoms with Crippen molar-refractivity contribution in [2.45, 2.75) is 6.92 Å². The first-order chi connectivity index (χ1) is 9.62. The summed E-state index contributed by atoms with van der Waals surface area (Å²) in [6.07, 6.45) is 2.80. The molecule has 0 aliphatic heterocycles. The van der Waals surface area contributed by atoms with E-state index in [1.54, 1.807) is 44.4 Å². The third-order valence-electron chi connectivity index (χ3n) is 2.36. The predicted octanol–water partition coefficient (Wildman–Crippen LogP) is 2.89. The zero-order valence-corrected chi connectivity index (χ0v) is 11.2. The number of hydrogen-bond donors (Lipinski definition) is 1. The van der Waals surface area contributed by atoms with Crippen molar-refractivity contribution in [3.63, 3.8) is 0 Å². The van der Waals surface area contributed by atoms with Crippen LogP contribution in [0.3, 0.4) is 0 Å². The molecule has 0 unspecified atom stereocenters. The molecule has 0 aliphatic rings. The van der Waals surface area contributed by atoms with Crippen molar-refractivity contribution < 1.29 is 19.4 Å². The maximum atomic E-state index is 11.4. The smallest absolute Gasteiger partial charge is 0.501 e. The fraction of sp³-hybridized carbons (Fsp3) is 0.214. The molecule has 0 aliphatic carbocycles. The van der Waals surface area contributed by atoms with Crippen LogP contribution in [0.25, 0.3) is 11.1 Å². The van der Waals surface area contributed by atoms with Gasteiger partial charge in [-0.1, -0.05) is 18.2 Å². The Morgan fingerprint density at radius 2 is 2.05 bits per heavy atom. The van der Waals surface area contributed by atoms with Crippen LogP contribution in [0.5, 0.6) is 5.75 Å². The Bertz CT molecular complexity index is 568. The topological polar surface area (TPSA) is 83.9 Å². The second kappa shape index (κ2) is 7.59. The Hall–Kier alpha value is -2.81. The van der Waals surface area contributed by atoms with Crippen molar-refractivity contribution in [3.8, 4) is 5.75 Å². The van der Waals surface area contributed by atoms with Crippen LogP contribution in [0.4, 0.5) is 0 Å². The fourth-order valence-electron chi connectivity index (χ4n) is 1.37. The molecule has 0 bridgehead atoms. The monoisotopic (exact) mass is 275 g/mol. The van der Waals surface area contributed by atoms with E-state index >= 15 is 0 Å². The molecule has 0 heterocycles. The maximum Gasteiger partial charge on any atom is 0.509 e. The highest BCUT2D eigenvalue weighted by Gasteiger charge is 2.29. The molecule has 0 aromatic heterocycles. The minimum absolute atomic E-state index is 0.118. The zero-order valence-electron chi connectivity index (χ0n) is 11.2. The molecule has 1 aromatic carbocycles. The summed E-state index contributed by atoms with van der Waals surface area (Å²) >= 11 is 0. The molecule has 0 amide bonds. The average Bonchev–Trinajstić information content (AvgIpc) is 2.46. The van der Waals surface area contributed by atoms with Gasteiger partial charge in [-0.15, -0.1) is 0 Å². The molecule has 0 atom stereocenters. The summed E-state index contributed by atoms with van der Waals surface area (Å²) in [5.74, 6) is -0.673. The Kier molecular flexibility index (Phi) is 5.78. The van der Waals surface area contributed by atoms with E-state index in [1.807, 2.05) is 0 Å². The van der Waals surface area contributed by atoms with E-state index in [-0.39, 0.29) is 6.61 Å². The number of methoxy groups -OCH3 is 1. The molecule has 1 rings (SSSR count). The number of rotatable bonds is 5. The molecule has 6 heteroatoms. The highest BCUT2D eigenvalue weighted by atomic mass is 16.5. The van der Waals surface area contributed by atoms with Gasteiger partial charge in [0.15, 0.2) is 4.98 Å². The molecule has 0 fully saturated rings. The standard InChI is InChI=1S/C14H14N2O4/c1-3-20-14(18)13(16-15)12(17)9-6-10-4-7-11(19-2)8-5-10/h4-9H,3H2,1-2H3/p+1/b9-6+. The lowest BCUT2D eigenvalue weighted by molar-refractivity contribution is -0.138. The van der Waals surface area contributed by atoms with Crippen LogP contribution in [0.15, 0.2) is 41.8 Å². The number of nitrogens with zero attached hydrogens (tertiary/aromatic N) is 2. The summed E-state index contributed by atoms with van der Waals surface area (Å²) in [5, 5.41) is 18.4. The van der Waals surface area contributed by atoms with E-state index in [9.17, 15) is 9.90 Å². The van der Waals surface area contributed by atoms with Crippen LogP contribution in [0.1, 0.15) is 12.5 Å². The lowest BCUT2D eigenvalue weighted by atomic mass is 10.2. The van der Waals surface area contributed by atoms with Gasteiger partial charge in [0, 0.05) is 0 Å². The zero-order chi connectivity index (χ0) is 15.0. The van der Waals surface area contributed by atoms with Gasteiger partial charge in [-0.3, -0.25) is 0 Å². The molecular formula is C14H15N2O4+. The van der Waals surface area contributed by atoms with E-state index in [4.69, 9.17) is 10.1 Å². The number of hydrogen-bond acceptors (Lipinski definition) is 5. The van der Waals surface area contributed by atoms with Crippen LogP contribution in [-0.4, -0.2) is 24.8 Å². The van der Waals surface area contributed by atoms with Crippen molar-refractivity contribution in [1.29, 1.82) is 5.39 Å². The van der Waals surface area contributed by atoms with E-state index in [2.05, 4.69) is 9.71 Å². The van der Waals surface area contributed by atoms with Crippen molar-refractivity contribution in [2.24, 2.45) is 0 Å². The normalized spacial score (nSPS) is 11.7. The molecule has 20 heavy (non-hydrogen) atoms. The first-order valence-electron chi connectivity index (χ1n) is 5.90. The molecule has 1 N–H and O–H groups in total. The van der Waals surface area contributed by atoms with Gasteiger partial charge in [-0.05, 0) is 30.7 Å². The van der Waals surface area contributed by atoms with Crippen molar-refractivity contribution in [3.05, 3.63) is 52.3 Å². The summed E-state index contributed by atoms with van der Waals surface area (Å²) in [4.78, 5) is 14.1. The van der Waals surface area contributed by atoms with Gasteiger partial charge in [0.2, 0.25) is 11.2 Å². The van der Waals surface area contributed by atoms with Gasteiger partial charge >= 0.3 is 11.7 Å². The van der Waals surface area contributed by atoms with E-state index < -0.39 is 17.4 Å². The number of diazo groups is 1. The summed E-state index contributed by atoms with van der Waals surface area (Å²) in [5.41, 5.74) is 0.232. The lowest BCUT2D eigenvalue weighted by Gasteiger charge is -1.98. The van der Waals surface area contributed by atoms with Crippen LogP contribution in [0.2, 0.25) is 0 Å². The number of ether oxygens (including phenoxy) is 2. The Balaban J connectivity index is 2.90. The van der Waals surface area contributed by atoms with Crippen molar-refractivity contribution >= 4 is 12.0 Å². The second-order valence-electron chi connectivity index (χ2n) is 3.66. The second-order valence-corrected chi connectivity index (χ2v) is 3.66. The molecule has 1 aromatic rings. The Morgan fingerprint density at radius 3 is 2.55 bits per heavy atom. The molecule has 6 nitrogen and oxygen atoms in total. The summed E-state index contributed by atoms with van der Waals surface area (Å²) < 4.78 is 9.65. The number of carbonyl (C=O) groups excluding carboxylic acids is 1. The van der Waals surface area contributed by atoms with Gasteiger partial charge < -0.3 is 14.6 Å². The SMILES string of the molecule is CCOC(=O)C([N+]#N)=C(O)/C=C/c1ccc(OC)cc1. The number of aliphatic hydroxyl groups is 1. The molecule has 0 spiro atoms. The van der Waals surface area contributed by atoms with Gasteiger partial charge in [-0.2, -0.15) is 0 Å². The van der Waals surface area contributed by atoms with Crippen LogP contribution < -0.4 is 4.74 Å². The van der Waals surface area contributed by atoms with Crippen LogP contribution in [-0.2, 0) is 9.53 Å². The summed E-state index contributed by atoms with van der Waals surface area (Å²) in [7, 11) is 1.56.